The van der Waals surface area contributed by atoms with Gasteiger partial charge in [0.1, 0.15) is 5.82 Å². The van der Waals surface area contributed by atoms with Crippen molar-refractivity contribution in [2.45, 2.75) is 64.8 Å². The van der Waals surface area contributed by atoms with E-state index < -0.39 is 0 Å². The fourth-order valence-corrected chi connectivity index (χ4v) is 3.43. The van der Waals surface area contributed by atoms with Crippen molar-refractivity contribution in [3.63, 3.8) is 0 Å². The van der Waals surface area contributed by atoms with Gasteiger partial charge >= 0.3 is 0 Å². The van der Waals surface area contributed by atoms with Crippen LogP contribution in [0.1, 0.15) is 67.7 Å². The highest BCUT2D eigenvalue weighted by Crippen LogP contribution is 2.31. The molecule has 1 unspecified atom stereocenters. The number of nitrogens with two attached hydrogens (primary N) is 1. The van der Waals surface area contributed by atoms with Crippen molar-refractivity contribution < 1.29 is 4.39 Å². The molecule has 19 heavy (non-hydrogen) atoms. The molecular formula is C17H26FN. The maximum atomic E-state index is 14.0. The summed E-state index contributed by atoms with van der Waals surface area (Å²) in [6.45, 7) is 3.89. The summed E-state index contributed by atoms with van der Waals surface area (Å²) in [4.78, 5) is 0. The highest BCUT2D eigenvalue weighted by molar-refractivity contribution is 5.34. The Bertz CT molecular complexity index is 398. The molecule has 2 N–H and O–H groups in total. The van der Waals surface area contributed by atoms with Crippen LogP contribution >= 0.6 is 0 Å². The molecule has 0 saturated heterocycles. The van der Waals surface area contributed by atoms with Gasteiger partial charge in [-0.05, 0) is 49.8 Å². The van der Waals surface area contributed by atoms with Gasteiger partial charge in [-0.25, -0.2) is 4.39 Å². The first-order chi connectivity index (χ1) is 9.08. The molecule has 1 fully saturated rings. The quantitative estimate of drug-likeness (QED) is 0.829. The first-order valence-corrected chi connectivity index (χ1v) is 7.60. The Hall–Kier alpha value is -0.890. The van der Waals surface area contributed by atoms with Gasteiger partial charge in [-0.15, -0.1) is 0 Å². The molecule has 1 aliphatic carbocycles. The lowest BCUT2D eigenvalue weighted by Gasteiger charge is -2.23. The van der Waals surface area contributed by atoms with Crippen LogP contribution in [0, 0.1) is 25.6 Å². The summed E-state index contributed by atoms with van der Waals surface area (Å²) in [5, 5.41) is 0. The zero-order chi connectivity index (χ0) is 13.8. The van der Waals surface area contributed by atoms with Gasteiger partial charge in [0.15, 0.2) is 0 Å². The third kappa shape index (κ3) is 3.79. The predicted molar refractivity (Wildman–Crippen MR) is 78.6 cm³/mol. The van der Waals surface area contributed by atoms with Gasteiger partial charge in [0.2, 0.25) is 0 Å². The lowest BCUT2D eigenvalue weighted by atomic mass is 9.84. The first kappa shape index (κ1) is 14.5. The van der Waals surface area contributed by atoms with Crippen LogP contribution in [0.25, 0.3) is 0 Å². The minimum absolute atomic E-state index is 0.131. The molecule has 2 heteroatoms. The SMILES string of the molecule is Cc1cc(C)c(C(N)CCC2CCCCC2)c(F)c1. The summed E-state index contributed by atoms with van der Waals surface area (Å²) in [6.07, 6.45) is 8.83. The van der Waals surface area contributed by atoms with Crippen molar-refractivity contribution in [2.24, 2.45) is 11.7 Å². The molecule has 1 atom stereocenters. The zero-order valence-corrected chi connectivity index (χ0v) is 12.2. The molecule has 1 saturated carbocycles. The van der Waals surface area contributed by atoms with E-state index in [0.29, 0.717) is 0 Å². The summed E-state index contributed by atoms with van der Waals surface area (Å²) >= 11 is 0. The Morgan fingerprint density at radius 2 is 1.89 bits per heavy atom. The van der Waals surface area contributed by atoms with E-state index in [-0.39, 0.29) is 11.9 Å². The summed E-state index contributed by atoms with van der Waals surface area (Å²) in [7, 11) is 0. The van der Waals surface area contributed by atoms with Gasteiger partial charge in [0, 0.05) is 11.6 Å². The fourth-order valence-electron chi connectivity index (χ4n) is 3.43. The highest BCUT2D eigenvalue weighted by atomic mass is 19.1. The number of aryl methyl sites for hydroxylation is 2. The van der Waals surface area contributed by atoms with E-state index in [1.54, 1.807) is 6.07 Å². The van der Waals surface area contributed by atoms with E-state index in [1.165, 1.54) is 32.1 Å². The highest BCUT2D eigenvalue weighted by Gasteiger charge is 2.18. The van der Waals surface area contributed by atoms with Gasteiger partial charge in [-0.3, -0.25) is 0 Å². The number of hydrogen-bond acceptors (Lipinski definition) is 1. The molecule has 106 valence electrons. The van der Waals surface area contributed by atoms with Gasteiger partial charge in [-0.2, -0.15) is 0 Å². The number of halogens is 1. The van der Waals surface area contributed by atoms with Crippen LogP contribution in [0.15, 0.2) is 12.1 Å². The average Bonchev–Trinajstić information content (AvgIpc) is 2.36. The molecule has 0 bridgehead atoms. The summed E-state index contributed by atoms with van der Waals surface area (Å²) in [6, 6.07) is 3.48. The molecule has 0 spiro atoms. The molecule has 1 aromatic carbocycles. The molecule has 0 aromatic heterocycles. The number of rotatable bonds is 4. The summed E-state index contributed by atoms with van der Waals surface area (Å²) in [5.74, 6) is 0.683. The minimum atomic E-state index is -0.150. The van der Waals surface area contributed by atoms with Gasteiger partial charge in [-0.1, -0.05) is 38.2 Å². The van der Waals surface area contributed by atoms with E-state index in [9.17, 15) is 4.39 Å². The largest absolute Gasteiger partial charge is 0.324 e. The Morgan fingerprint density at radius 3 is 2.53 bits per heavy atom. The van der Waals surface area contributed by atoms with Crippen LogP contribution in [0.4, 0.5) is 4.39 Å². The molecular weight excluding hydrogens is 237 g/mol. The lowest BCUT2D eigenvalue weighted by Crippen LogP contribution is -2.16. The summed E-state index contributed by atoms with van der Waals surface area (Å²) < 4.78 is 14.0. The minimum Gasteiger partial charge on any atom is -0.324 e. The maximum absolute atomic E-state index is 14.0. The van der Waals surface area contributed by atoms with Crippen molar-refractivity contribution in [1.82, 2.24) is 0 Å². The van der Waals surface area contributed by atoms with E-state index in [1.807, 2.05) is 19.9 Å². The van der Waals surface area contributed by atoms with Gasteiger partial charge < -0.3 is 5.73 Å². The Morgan fingerprint density at radius 1 is 1.21 bits per heavy atom. The first-order valence-electron chi connectivity index (χ1n) is 7.60. The maximum Gasteiger partial charge on any atom is 0.128 e. The van der Waals surface area contributed by atoms with E-state index >= 15 is 0 Å². The van der Waals surface area contributed by atoms with Crippen molar-refractivity contribution in [3.8, 4) is 0 Å². The average molecular weight is 263 g/mol. The van der Waals surface area contributed by atoms with Crippen LogP contribution in [0.3, 0.4) is 0 Å². The Kier molecular flexibility index (Phi) is 4.98. The second kappa shape index (κ2) is 6.51. The molecule has 0 heterocycles. The normalized spacial score (nSPS) is 18.5. The number of hydrogen-bond donors (Lipinski definition) is 1. The molecule has 2 rings (SSSR count). The smallest absolute Gasteiger partial charge is 0.128 e. The van der Waals surface area contributed by atoms with Gasteiger partial charge in [0.05, 0.1) is 0 Å². The zero-order valence-electron chi connectivity index (χ0n) is 12.2. The Balaban J connectivity index is 1.97. The number of benzene rings is 1. The van der Waals surface area contributed by atoms with Crippen LogP contribution in [-0.2, 0) is 0 Å². The van der Waals surface area contributed by atoms with Crippen molar-refractivity contribution in [3.05, 3.63) is 34.6 Å². The second-order valence-electron chi connectivity index (χ2n) is 6.17. The van der Waals surface area contributed by atoms with E-state index in [2.05, 4.69) is 0 Å². The van der Waals surface area contributed by atoms with Crippen LogP contribution in [0.5, 0.6) is 0 Å². The third-order valence-corrected chi connectivity index (χ3v) is 4.46. The van der Waals surface area contributed by atoms with Crippen molar-refractivity contribution >= 4 is 0 Å². The van der Waals surface area contributed by atoms with Crippen LogP contribution in [0.2, 0.25) is 0 Å². The van der Waals surface area contributed by atoms with Gasteiger partial charge in [0.25, 0.3) is 0 Å². The van der Waals surface area contributed by atoms with Crippen molar-refractivity contribution in [1.29, 1.82) is 0 Å². The molecule has 1 aliphatic rings. The molecule has 1 aromatic rings. The molecule has 0 aliphatic heterocycles. The van der Waals surface area contributed by atoms with E-state index in [4.69, 9.17) is 5.73 Å². The van der Waals surface area contributed by atoms with Crippen molar-refractivity contribution in [2.75, 3.05) is 0 Å². The molecule has 0 radical (unpaired) electrons. The summed E-state index contributed by atoms with van der Waals surface area (Å²) in [5.41, 5.74) is 8.91. The topological polar surface area (TPSA) is 26.0 Å². The van der Waals surface area contributed by atoms with Crippen LogP contribution < -0.4 is 5.73 Å². The molecule has 0 amide bonds. The fraction of sp³-hybridized carbons (Fsp3) is 0.647. The predicted octanol–water partition coefficient (Wildman–Crippen LogP) is 4.80. The van der Waals surface area contributed by atoms with Crippen LogP contribution in [-0.4, -0.2) is 0 Å². The standard InChI is InChI=1S/C17H26FN/c1-12-10-13(2)17(15(18)11-12)16(19)9-8-14-6-4-3-5-7-14/h10-11,14,16H,3-9,19H2,1-2H3. The third-order valence-electron chi connectivity index (χ3n) is 4.46. The van der Waals surface area contributed by atoms with E-state index in [0.717, 1.165) is 35.4 Å². The Labute approximate surface area is 116 Å². The second-order valence-corrected chi connectivity index (χ2v) is 6.17. The molecule has 1 nitrogen and oxygen atoms in total. The lowest BCUT2D eigenvalue weighted by molar-refractivity contribution is 0.323. The monoisotopic (exact) mass is 263 g/mol.